The van der Waals surface area contributed by atoms with Gasteiger partial charge in [0.15, 0.2) is 11.0 Å². The molecule has 1 fully saturated rings. The van der Waals surface area contributed by atoms with Crippen molar-refractivity contribution in [1.29, 1.82) is 0 Å². The van der Waals surface area contributed by atoms with Crippen LogP contribution >= 0.6 is 11.6 Å². The highest BCUT2D eigenvalue weighted by Crippen LogP contribution is 2.27. The van der Waals surface area contributed by atoms with Gasteiger partial charge in [-0.3, -0.25) is 0 Å². The van der Waals surface area contributed by atoms with Crippen LogP contribution in [0.5, 0.6) is 0 Å². The number of hydrogen-bond acceptors (Lipinski definition) is 4. The van der Waals surface area contributed by atoms with Gasteiger partial charge in [0.1, 0.15) is 5.69 Å². The summed E-state index contributed by atoms with van der Waals surface area (Å²) in [5.41, 5.74) is 0.347. The fourth-order valence-corrected chi connectivity index (χ4v) is 2.84. The molecule has 0 bridgehead atoms. The maximum atomic E-state index is 11.2. The highest BCUT2D eigenvalue weighted by atomic mass is 35.5. The minimum Gasteiger partial charge on any atom is -0.477 e. The Morgan fingerprint density at radius 2 is 2.00 bits per heavy atom. The van der Waals surface area contributed by atoms with Crippen molar-refractivity contribution in [3.05, 3.63) is 41.3 Å². The Hall–Kier alpha value is -2.08. The van der Waals surface area contributed by atoms with E-state index < -0.39 is 5.97 Å². The van der Waals surface area contributed by atoms with E-state index in [4.69, 9.17) is 11.6 Å². The summed E-state index contributed by atoms with van der Waals surface area (Å²) < 4.78 is 1.85. The number of piperidine rings is 1. The van der Waals surface area contributed by atoms with Gasteiger partial charge in [0, 0.05) is 25.3 Å². The number of hydrogen-bond donors (Lipinski definition) is 1. The first-order valence-corrected chi connectivity index (χ1v) is 7.17. The average molecular weight is 307 g/mol. The van der Waals surface area contributed by atoms with E-state index in [1.165, 1.54) is 0 Å². The van der Waals surface area contributed by atoms with Crippen LogP contribution < -0.4 is 4.90 Å². The Kier molecular flexibility index (Phi) is 3.79. The molecule has 0 amide bonds. The van der Waals surface area contributed by atoms with E-state index >= 15 is 0 Å². The zero-order valence-electron chi connectivity index (χ0n) is 11.3. The lowest BCUT2D eigenvalue weighted by Gasteiger charge is -2.33. The Morgan fingerprint density at radius 3 is 2.62 bits per heavy atom. The van der Waals surface area contributed by atoms with Gasteiger partial charge in [0.25, 0.3) is 0 Å². The Labute approximate surface area is 127 Å². The van der Waals surface area contributed by atoms with Crippen molar-refractivity contribution in [3.63, 3.8) is 0 Å². The highest BCUT2D eigenvalue weighted by molar-refractivity contribution is 6.29. The molecule has 3 heterocycles. The van der Waals surface area contributed by atoms with E-state index in [1.807, 2.05) is 16.8 Å². The number of carboxylic acid groups (broad SMARTS) is 1. The summed E-state index contributed by atoms with van der Waals surface area (Å²) in [4.78, 5) is 13.3. The van der Waals surface area contributed by atoms with Gasteiger partial charge in [0.05, 0.1) is 0 Å². The van der Waals surface area contributed by atoms with Crippen molar-refractivity contribution < 1.29 is 9.90 Å². The Bertz CT molecular complexity index is 633. The van der Waals surface area contributed by atoms with Gasteiger partial charge >= 0.3 is 5.97 Å². The van der Waals surface area contributed by atoms with E-state index in [0.29, 0.717) is 10.8 Å². The third-order valence-electron chi connectivity index (χ3n) is 3.80. The molecule has 3 rings (SSSR count). The van der Waals surface area contributed by atoms with Crippen LogP contribution in [0.2, 0.25) is 5.15 Å². The lowest BCUT2D eigenvalue weighted by molar-refractivity contribution is 0.0681. The lowest BCUT2D eigenvalue weighted by Crippen LogP contribution is -2.35. The number of carbonyl (C=O) groups is 1. The molecule has 0 aliphatic carbocycles. The van der Waals surface area contributed by atoms with Crippen molar-refractivity contribution in [1.82, 2.24) is 14.8 Å². The van der Waals surface area contributed by atoms with Crippen LogP contribution in [0.4, 0.5) is 5.82 Å². The first kappa shape index (κ1) is 13.9. The molecule has 1 aliphatic heterocycles. The summed E-state index contributed by atoms with van der Waals surface area (Å²) in [6, 6.07) is 7.21. The van der Waals surface area contributed by atoms with E-state index in [9.17, 15) is 9.90 Å². The molecule has 6 nitrogen and oxygen atoms in total. The van der Waals surface area contributed by atoms with Gasteiger partial charge in [-0.15, -0.1) is 10.2 Å². The van der Waals surface area contributed by atoms with Gasteiger partial charge in [-0.2, -0.15) is 0 Å². The maximum Gasteiger partial charge on any atom is 0.352 e. The predicted octanol–water partition coefficient (Wildman–Crippen LogP) is 2.47. The number of halogens is 1. The summed E-state index contributed by atoms with van der Waals surface area (Å²) in [6.45, 7) is 1.64. The fraction of sp³-hybridized carbons (Fsp3) is 0.357. The number of rotatable bonds is 3. The van der Waals surface area contributed by atoms with E-state index in [0.717, 1.165) is 31.7 Å². The van der Waals surface area contributed by atoms with Crippen molar-refractivity contribution >= 4 is 23.4 Å². The van der Waals surface area contributed by atoms with Crippen molar-refractivity contribution in [2.75, 3.05) is 18.0 Å². The third-order valence-corrected chi connectivity index (χ3v) is 4.00. The van der Waals surface area contributed by atoms with Crippen molar-refractivity contribution in [3.8, 4) is 0 Å². The Balaban J connectivity index is 1.69. The number of anilines is 1. The smallest absolute Gasteiger partial charge is 0.352 e. The first-order chi connectivity index (χ1) is 10.1. The summed E-state index contributed by atoms with van der Waals surface area (Å²) in [5.74, 6) is -0.0742. The number of carboxylic acids is 1. The van der Waals surface area contributed by atoms with Crippen molar-refractivity contribution in [2.24, 2.45) is 0 Å². The van der Waals surface area contributed by atoms with E-state index in [-0.39, 0.29) is 6.04 Å². The van der Waals surface area contributed by atoms with Crippen LogP contribution in [0.3, 0.4) is 0 Å². The van der Waals surface area contributed by atoms with Gasteiger partial charge in [0.2, 0.25) is 0 Å². The number of nitrogens with zero attached hydrogens (tertiary/aromatic N) is 4. The number of aromatic nitrogens is 3. The zero-order chi connectivity index (χ0) is 14.8. The molecule has 110 valence electrons. The van der Waals surface area contributed by atoms with Gasteiger partial charge in [-0.05, 0) is 37.1 Å². The van der Waals surface area contributed by atoms with Crippen LogP contribution in [-0.2, 0) is 0 Å². The molecule has 0 unspecified atom stereocenters. The molecule has 1 N–H and O–H groups in total. The fourth-order valence-electron chi connectivity index (χ4n) is 2.74. The van der Waals surface area contributed by atoms with Crippen molar-refractivity contribution in [2.45, 2.75) is 18.9 Å². The molecule has 1 aliphatic rings. The van der Waals surface area contributed by atoms with E-state index in [2.05, 4.69) is 15.1 Å². The molecule has 2 aromatic rings. The lowest BCUT2D eigenvalue weighted by atomic mass is 10.0. The SMILES string of the molecule is O=C(O)c1cccn1C1CCN(c2ccc(Cl)nn2)CC1. The summed E-state index contributed by atoms with van der Waals surface area (Å²) in [5, 5.41) is 17.5. The van der Waals surface area contributed by atoms with Crippen LogP contribution in [0.1, 0.15) is 29.4 Å². The second-order valence-electron chi connectivity index (χ2n) is 5.04. The second kappa shape index (κ2) is 5.73. The van der Waals surface area contributed by atoms with Gasteiger partial charge in [-0.1, -0.05) is 11.6 Å². The molecule has 1 saturated heterocycles. The minimum absolute atomic E-state index is 0.211. The largest absolute Gasteiger partial charge is 0.477 e. The Morgan fingerprint density at radius 1 is 1.24 bits per heavy atom. The molecular weight excluding hydrogens is 292 g/mol. The van der Waals surface area contributed by atoms with Crippen LogP contribution in [-0.4, -0.2) is 38.9 Å². The monoisotopic (exact) mass is 306 g/mol. The summed E-state index contributed by atoms with van der Waals surface area (Å²) in [6.07, 6.45) is 3.59. The molecule has 0 spiro atoms. The molecule has 0 aromatic carbocycles. The first-order valence-electron chi connectivity index (χ1n) is 6.79. The second-order valence-corrected chi connectivity index (χ2v) is 5.43. The summed E-state index contributed by atoms with van der Waals surface area (Å²) >= 11 is 5.74. The average Bonchev–Trinajstić information content (AvgIpc) is 2.98. The number of aromatic carboxylic acids is 1. The predicted molar refractivity (Wildman–Crippen MR) is 78.9 cm³/mol. The molecule has 0 saturated carbocycles. The molecular formula is C14H15ClN4O2. The zero-order valence-corrected chi connectivity index (χ0v) is 12.1. The molecule has 7 heteroatoms. The molecule has 0 atom stereocenters. The topological polar surface area (TPSA) is 71.2 Å². The van der Waals surface area contributed by atoms with E-state index in [1.54, 1.807) is 18.2 Å². The van der Waals surface area contributed by atoms with Gasteiger partial charge < -0.3 is 14.6 Å². The minimum atomic E-state index is -0.883. The highest BCUT2D eigenvalue weighted by Gasteiger charge is 2.24. The standard InChI is InChI=1S/C14H15ClN4O2/c15-12-3-4-13(17-16-12)18-8-5-10(6-9-18)19-7-1-2-11(19)14(20)21/h1-4,7,10H,5-6,8-9H2,(H,20,21). The van der Waals surface area contributed by atoms with Crippen LogP contribution in [0, 0.1) is 0 Å². The van der Waals surface area contributed by atoms with Crippen LogP contribution in [0.25, 0.3) is 0 Å². The summed E-state index contributed by atoms with van der Waals surface area (Å²) in [7, 11) is 0. The molecule has 0 radical (unpaired) electrons. The molecule has 21 heavy (non-hydrogen) atoms. The van der Waals surface area contributed by atoms with Crippen LogP contribution in [0.15, 0.2) is 30.5 Å². The molecule has 2 aromatic heterocycles. The maximum absolute atomic E-state index is 11.2. The third kappa shape index (κ3) is 2.85. The van der Waals surface area contributed by atoms with Gasteiger partial charge in [-0.25, -0.2) is 4.79 Å². The quantitative estimate of drug-likeness (QED) is 0.943. The normalized spacial score (nSPS) is 16.1.